The van der Waals surface area contributed by atoms with Crippen molar-refractivity contribution < 1.29 is 9.53 Å². The molecule has 6 heteroatoms. The van der Waals surface area contributed by atoms with E-state index in [-0.39, 0.29) is 12.4 Å². The minimum absolute atomic E-state index is 0.139. The van der Waals surface area contributed by atoms with Crippen LogP contribution in [0.3, 0.4) is 0 Å². The number of carbonyl (C=O) groups excluding carboxylic acids is 1. The third-order valence-electron chi connectivity index (χ3n) is 2.51. The topological polar surface area (TPSA) is 26.3 Å². The molecule has 0 amide bonds. The van der Waals surface area contributed by atoms with Crippen LogP contribution >= 0.6 is 50.7 Å². The van der Waals surface area contributed by atoms with Crippen LogP contribution in [0, 0.1) is 0 Å². The van der Waals surface area contributed by atoms with Crippen LogP contribution in [-0.2, 0) is 0 Å². The highest BCUT2D eigenvalue weighted by atomic mass is 79.9. The van der Waals surface area contributed by atoms with Crippen LogP contribution < -0.4 is 4.74 Å². The molecule has 0 aromatic heterocycles. The molecule has 0 bridgehead atoms. The number of benzene rings is 2. The Labute approximate surface area is 139 Å². The minimum atomic E-state index is -0.167. The van der Waals surface area contributed by atoms with Crippen LogP contribution in [0.4, 0.5) is 0 Å². The number of ether oxygens (including phenoxy) is 1. The molecule has 0 aliphatic carbocycles. The van der Waals surface area contributed by atoms with E-state index < -0.39 is 0 Å². The Morgan fingerprint density at radius 2 is 1.70 bits per heavy atom. The summed E-state index contributed by atoms with van der Waals surface area (Å²) in [5, 5.41) is 0.958. The highest BCUT2D eigenvalue weighted by Gasteiger charge is 2.12. The second-order valence-corrected chi connectivity index (χ2v) is 5.96. The average Bonchev–Trinajstić information content (AvgIpc) is 2.41. The van der Waals surface area contributed by atoms with Gasteiger partial charge in [-0.3, -0.25) is 4.79 Å². The molecule has 0 heterocycles. The van der Waals surface area contributed by atoms with Crippen molar-refractivity contribution in [2.75, 3.05) is 6.61 Å². The van der Waals surface area contributed by atoms with Gasteiger partial charge in [0.15, 0.2) is 6.61 Å². The molecule has 2 rings (SSSR count). The molecule has 0 aliphatic rings. The molecule has 20 heavy (non-hydrogen) atoms. The number of halogens is 4. The highest BCUT2D eigenvalue weighted by molar-refractivity contribution is 9.10. The summed E-state index contributed by atoms with van der Waals surface area (Å²) in [6, 6.07) is 10.1. The summed E-state index contributed by atoms with van der Waals surface area (Å²) in [7, 11) is 0. The lowest BCUT2D eigenvalue weighted by atomic mass is 10.1. The normalized spacial score (nSPS) is 10.4. The summed E-state index contributed by atoms with van der Waals surface area (Å²) in [6.45, 7) is -0.139. The predicted octanol–water partition coefficient (Wildman–Crippen LogP) is 5.67. The van der Waals surface area contributed by atoms with Crippen molar-refractivity contribution >= 4 is 56.5 Å². The van der Waals surface area contributed by atoms with Gasteiger partial charge in [0.2, 0.25) is 5.78 Å². The van der Waals surface area contributed by atoms with Gasteiger partial charge in [-0.05, 0) is 12.1 Å². The maximum absolute atomic E-state index is 12.0. The van der Waals surface area contributed by atoms with Gasteiger partial charge < -0.3 is 4.74 Å². The van der Waals surface area contributed by atoms with Crippen LogP contribution in [0.15, 0.2) is 40.9 Å². The van der Waals surface area contributed by atoms with E-state index in [1.165, 1.54) is 12.1 Å². The van der Waals surface area contributed by atoms with E-state index in [1.807, 2.05) is 6.07 Å². The Morgan fingerprint density at radius 3 is 2.40 bits per heavy atom. The molecule has 0 unspecified atom stereocenters. The van der Waals surface area contributed by atoms with Crippen molar-refractivity contribution in [3.8, 4) is 5.75 Å². The Hall–Kier alpha value is -0.740. The number of hydrogen-bond acceptors (Lipinski definition) is 2. The van der Waals surface area contributed by atoms with Crippen molar-refractivity contribution in [3.05, 3.63) is 61.5 Å². The Bertz CT molecular complexity index is 659. The smallest absolute Gasteiger partial charge is 0.201 e. The molecular formula is C14H8BrCl3O2. The molecule has 2 nitrogen and oxygen atoms in total. The summed E-state index contributed by atoms with van der Waals surface area (Å²) in [4.78, 5) is 12.0. The van der Waals surface area contributed by atoms with E-state index in [2.05, 4.69) is 15.9 Å². The van der Waals surface area contributed by atoms with Gasteiger partial charge in [0.05, 0.1) is 15.1 Å². The zero-order valence-electron chi connectivity index (χ0n) is 10.00. The molecule has 0 spiro atoms. The second kappa shape index (κ2) is 6.81. The first kappa shape index (κ1) is 15.6. The zero-order valence-corrected chi connectivity index (χ0v) is 13.9. The van der Waals surface area contributed by atoms with Crippen molar-refractivity contribution in [3.63, 3.8) is 0 Å². The first-order valence-electron chi connectivity index (χ1n) is 5.54. The van der Waals surface area contributed by atoms with Gasteiger partial charge in [-0.2, -0.15) is 0 Å². The summed E-state index contributed by atoms with van der Waals surface area (Å²) in [5.41, 5.74) is 0.545. The van der Waals surface area contributed by atoms with Gasteiger partial charge in [-0.15, -0.1) is 0 Å². The van der Waals surface area contributed by atoms with E-state index in [9.17, 15) is 4.79 Å². The molecule has 0 aliphatic heterocycles. The summed E-state index contributed by atoms with van der Waals surface area (Å²) < 4.78 is 6.11. The summed E-state index contributed by atoms with van der Waals surface area (Å²) in [6.07, 6.45) is 0. The van der Waals surface area contributed by atoms with Crippen LogP contribution in [-0.4, -0.2) is 12.4 Å². The predicted molar refractivity (Wildman–Crippen MR) is 85.4 cm³/mol. The van der Waals surface area contributed by atoms with E-state index in [0.29, 0.717) is 30.9 Å². The van der Waals surface area contributed by atoms with Crippen molar-refractivity contribution in [2.45, 2.75) is 0 Å². The van der Waals surface area contributed by atoms with Crippen molar-refractivity contribution in [2.24, 2.45) is 0 Å². The first-order chi connectivity index (χ1) is 9.49. The molecule has 0 radical (unpaired) electrons. The van der Waals surface area contributed by atoms with Crippen LogP contribution in [0.2, 0.25) is 15.1 Å². The molecule has 0 atom stereocenters. The largest absolute Gasteiger partial charge is 0.484 e. The van der Waals surface area contributed by atoms with Gasteiger partial charge in [-0.25, -0.2) is 0 Å². The van der Waals surface area contributed by atoms with Gasteiger partial charge in [0.25, 0.3) is 0 Å². The Morgan fingerprint density at radius 1 is 1.05 bits per heavy atom. The maximum Gasteiger partial charge on any atom is 0.201 e. The fourth-order valence-corrected chi connectivity index (χ4v) is 2.62. The SMILES string of the molecule is O=C(COc1cc(Cl)c(Cl)cc1Cl)c1ccccc1Br. The van der Waals surface area contributed by atoms with Gasteiger partial charge in [0, 0.05) is 16.1 Å². The zero-order chi connectivity index (χ0) is 14.7. The third kappa shape index (κ3) is 3.67. The average molecular weight is 394 g/mol. The highest BCUT2D eigenvalue weighted by Crippen LogP contribution is 2.33. The molecule has 0 fully saturated rings. The lowest BCUT2D eigenvalue weighted by molar-refractivity contribution is 0.0921. The number of carbonyl (C=O) groups is 1. The molecule has 0 saturated carbocycles. The number of rotatable bonds is 4. The monoisotopic (exact) mass is 392 g/mol. The third-order valence-corrected chi connectivity index (χ3v) is 4.22. The van der Waals surface area contributed by atoms with Crippen molar-refractivity contribution in [1.29, 1.82) is 0 Å². The molecule has 2 aromatic rings. The summed E-state index contributed by atoms with van der Waals surface area (Å²) >= 11 is 21.0. The molecule has 0 N–H and O–H groups in total. The lowest BCUT2D eigenvalue weighted by Gasteiger charge is -2.09. The minimum Gasteiger partial charge on any atom is -0.484 e. The Balaban J connectivity index is 2.12. The summed E-state index contributed by atoms with van der Waals surface area (Å²) in [5.74, 6) is 0.154. The van der Waals surface area contributed by atoms with E-state index in [1.54, 1.807) is 18.2 Å². The second-order valence-electron chi connectivity index (χ2n) is 3.89. The quantitative estimate of drug-likeness (QED) is 0.493. The lowest BCUT2D eigenvalue weighted by Crippen LogP contribution is -2.12. The molecule has 104 valence electrons. The van der Waals surface area contributed by atoms with Crippen LogP contribution in [0.1, 0.15) is 10.4 Å². The van der Waals surface area contributed by atoms with E-state index in [0.717, 1.165) is 0 Å². The molecule has 0 saturated heterocycles. The number of Topliss-reactive ketones (excluding diaryl/α,β-unsaturated/α-hetero) is 1. The van der Waals surface area contributed by atoms with Crippen LogP contribution in [0.5, 0.6) is 5.75 Å². The van der Waals surface area contributed by atoms with E-state index >= 15 is 0 Å². The van der Waals surface area contributed by atoms with Gasteiger partial charge in [0.1, 0.15) is 5.75 Å². The number of hydrogen-bond donors (Lipinski definition) is 0. The standard InChI is InChI=1S/C14H8BrCl3O2/c15-9-4-2-1-3-8(9)13(19)7-20-14-6-11(17)10(16)5-12(14)18/h1-6H,7H2. The molecule has 2 aromatic carbocycles. The van der Waals surface area contributed by atoms with Crippen LogP contribution in [0.25, 0.3) is 0 Å². The van der Waals surface area contributed by atoms with Crippen molar-refractivity contribution in [1.82, 2.24) is 0 Å². The molecular weight excluding hydrogens is 386 g/mol. The fourth-order valence-electron chi connectivity index (χ4n) is 1.52. The van der Waals surface area contributed by atoms with E-state index in [4.69, 9.17) is 39.5 Å². The number of ketones is 1. The maximum atomic E-state index is 12.0. The van der Waals surface area contributed by atoms with Gasteiger partial charge in [-0.1, -0.05) is 68.9 Å². The first-order valence-corrected chi connectivity index (χ1v) is 7.47. The fraction of sp³-hybridized carbons (Fsp3) is 0.0714. The van der Waals surface area contributed by atoms with Gasteiger partial charge >= 0.3 is 0 Å². The Kier molecular flexibility index (Phi) is 5.33.